The highest BCUT2D eigenvalue weighted by atomic mass is 32.2. The number of aliphatic hydroxyl groups is 1. The summed E-state index contributed by atoms with van der Waals surface area (Å²) in [6.45, 7) is 0.569. The van der Waals surface area contributed by atoms with Gasteiger partial charge in [-0.15, -0.1) is 0 Å². The number of hydrogen-bond donors (Lipinski definition) is 5. The Labute approximate surface area is 226 Å². The molecule has 6 N–H and O–H groups in total. The van der Waals surface area contributed by atoms with E-state index in [0.29, 0.717) is 12.5 Å². The highest BCUT2D eigenvalue weighted by Crippen LogP contribution is 2.33. The smallest absolute Gasteiger partial charge is 0.312 e. The molecular formula is C29H32N6O2S. The number of para-hydroxylation sites is 1. The number of carbonyl (C=O) groups is 1. The second-order valence-electron chi connectivity index (χ2n) is 9.44. The Bertz CT molecular complexity index is 1410. The first-order chi connectivity index (χ1) is 18.6. The lowest BCUT2D eigenvalue weighted by molar-refractivity contribution is 0.240. The molecular weight excluding hydrogens is 496 g/mol. The summed E-state index contributed by atoms with van der Waals surface area (Å²) in [6.07, 6.45) is 3.60. The van der Waals surface area contributed by atoms with E-state index in [1.807, 2.05) is 60.7 Å². The number of nitrogens with zero attached hydrogens (tertiary/aromatic N) is 2. The van der Waals surface area contributed by atoms with Gasteiger partial charge in [0, 0.05) is 33.8 Å². The van der Waals surface area contributed by atoms with E-state index in [-0.39, 0.29) is 18.7 Å². The number of primary amides is 1. The molecule has 8 nitrogen and oxygen atoms in total. The van der Waals surface area contributed by atoms with E-state index in [1.54, 1.807) is 11.8 Å². The molecule has 9 heteroatoms. The summed E-state index contributed by atoms with van der Waals surface area (Å²) in [6, 6.07) is 24.1. The highest BCUT2D eigenvalue weighted by Gasteiger charge is 2.23. The number of nitrogens with two attached hydrogens (primary N) is 1. The molecule has 0 spiro atoms. The molecule has 0 unspecified atom stereocenters. The van der Waals surface area contributed by atoms with E-state index in [9.17, 15) is 9.90 Å². The maximum atomic E-state index is 11.2. The van der Waals surface area contributed by atoms with Crippen molar-refractivity contribution in [3.8, 4) is 0 Å². The third-order valence-corrected chi connectivity index (χ3v) is 8.03. The van der Waals surface area contributed by atoms with Crippen molar-refractivity contribution in [2.75, 3.05) is 10.6 Å². The summed E-state index contributed by atoms with van der Waals surface area (Å²) < 4.78 is 0. The molecule has 0 atom stereocenters. The minimum Gasteiger partial charge on any atom is -0.392 e. The van der Waals surface area contributed by atoms with Crippen LogP contribution < -0.4 is 21.7 Å². The van der Waals surface area contributed by atoms with Crippen LogP contribution in [0.3, 0.4) is 0 Å². The number of aromatic nitrogens is 2. The number of anilines is 2. The van der Waals surface area contributed by atoms with Gasteiger partial charge in [0.1, 0.15) is 5.82 Å². The van der Waals surface area contributed by atoms with Gasteiger partial charge < -0.3 is 26.8 Å². The summed E-state index contributed by atoms with van der Waals surface area (Å²) in [7, 11) is 0. The third-order valence-electron chi connectivity index (χ3n) is 6.79. The number of hydrogen-bond acceptors (Lipinski definition) is 7. The number of amides is 2. The molecule has 3 aromatic carbocycles. The summed E-state index contributed by atoms with van der Waals surface area (Å²) >= 11 is 1.65. The Balaban J connectivity index is 1.32. The molecule has 5 rings (SSSR count). The van der Waals surface area contributed by atoms with Crippen molar-refractivity contribution in [1.82, 2.24) is 15.3 Å². The van der Waals surface area contributed by atoms with Crippen LogP contribution in [0, 0.1) is 0 Å². The Morgan fingerprint density at radius 2 is 1.50 bits per heavy atom. The van der Waals surface area contributed by atoms with Gasteiger partial charge in [0.2, 0.25) is 5.95 Å². The van der Waals surface area contributed by atoms with Crippen molar-refractivity contribution in [2.45, 2.75) is 60.7 Å². The molecule has 0 radical (unpaired) electrons. The number of carbonyl (C=O) groups excluding carboxylic acids is 1. The predicted molar refractivity (Wildman–Crippen MR) is 152 cm³/mol. The van der Waals surface area contributed by atoms with E-state index >= 15 is 0 Å². The van der Waals surface area contributed by atoms with Crippen LogP contribution in [0.4, 0.5) is 16.6 Å². The van der Waals surface area contributed by atoms with Crippen LogP contribution >= 0.6 is 11.8 Å². The van der Waals surface area contributed by atoms with Crippen LogP contribution in [0.25, 0.3) is 10.9 Å². The van der Waals surface area contributed by atoms with Gasteiger partial charge in [-0.2, -0.15) is 4.98 Å². The van der Waals surface area contributed by atoms with Gasteiger partial charge >= 0.3 is 6.03 Å². The van der Waals surface area contributed by atoms with Crippen molar-refractivity contribution in [3.63, 3.8) is 0 Å². The number of urea groups is 1. The maximum Gasteiger partial charge on any atom is 0.312 e. The first-order valence-corrected chi connectivity index (χ1v) is 13.7. The second kappa shape index (κ2) is 12.1. The Kier molecular flexibility index (Phi) is 8.25. The number of fused-ring (bicyclic) bond motifs is 1. The molecule has 0 bridgehead atoms. The summed E-state index contributed by atoms with van der Waals surface area (Å²) in [5, 5.41) is 20.6. The predicted octanol–water partition coefficient (Wildman–Crippen LogP) is 5.28. The molecule has 1 fully saturated rings. The van der Waals surface area contributed by atoms with Gasteiger partial charge in [-0.05, 0) is 61.1 Å². The van der Waals surface area contributed by atoms with Gasteiger partial charge in [-0.25, -0.2) is 9.78 Å². The Hall–Kier alpha value is -3.82. The van der Waals surface area contributed by atoms with Crippen LogP contribution in [0.15, 0.2) is 82.6 Å². The van der Waals surface area contributed by atoms with Crippen LogP contribution in [-0.2, 0) is 13.2 Å². The highest BCUT2D eigenvalue weighted by molar-refractivity contribution is 7.99. The summed E-state index contributed by atoms with van der Waals surface area (Å²) in [5.74, 6) is 1.37. The zero-order valence-corrected chi connectivity index (χ0v) is 21.9. The minimum atomic E-state index is -0.462. The van der Waals surface area contributed by atoms with Gasteiger partial charge in [0.25, 0.3) is 0 Å². The SMILES string of the molecule is NC(=O)NC1CCC(Nc2nc(NCc3ccccc3Sc3ccccc3CO)nc3ccccc23)CC1. The van der Waals surface area contributed by atoms with Crippen molar-refractivity contribution in [3.05, 3.63) is 83.9 Å². The van der Waals surface area contributed by atoms with Gasteiger partial charge in [-0.1, -0.05) is 60.3 Å². The monoisotopic (exact) mass is 528 g/mol. The molecule has 0 saturated heterocycles. The lowest BCUT2D eigenvalue weighted by Gasteiger charge is -2.29. The number of aliphatic hydroxyl groups excluding tert-OH is 1. The van der Waals surface area contributed by atoms with E-state index in [0.717, 1.165) is 63.3 Å². The zero-order chi connectivity index (χ0) is 26.3. The fourth-order valence-electron chi connectivity index (χ4n) is 4.82. The maximum absolute atomic E-state index is 11.2. The Morgan fingerprint density at radius 1 is 0.868 bits per heavy atom. The molecule has 4 aromatic rings. The van der Waals surface area contributed by atoms with E-state index < -0.39 is 6.03 Å². The van der Waals surface area contributed by atoms with Crippen molar-refractivity contribution >= 4 is 40.5 Å². The molecule has 1 aromatic heterocycles. The first-order valence-electron chi connectivity index (χ1n) is 12.9. The number of rotatable bonds is 9. The summed E-state index contributed by atoms with van der Waals surface area (Å²) in [4.78, 5) is 23.0. The number of benzene rings is 3. The molecule has 196 valence electrons. The second-order valence-corrected chi connectivity index (χ2v) is 10.5. The van der Waals surface area contributed by atoms with Crippen LogP contribution in [0.1, 0.15) is 36.8 Å². The molecule has 1 heterocycles. The van der Waals surface area contributed by atoms with Crippen LogP contribution in [0.5, 0.6) is 0 Å². The molecule has 1 aliphatic carbocycles. The van der Waals surface area contributed by atoms with Crippen molar-refractivity contribution in [1.29, 1.82) is 0 Å². The van der Waals surface area contributed by atoms with E-state index in [1.165, 1.54) is 0 Å². The van der Waals surface area contributed by atoms with E-state index in [2.05, 4.69) is 28.1 Å². The fourth-order valence-corrected chi connectivity index (χ4v) is 5.88. The van der Waals surface area contributed by atoms with Crippen LogP contribution in [-0.4, -0.2) is 33.2 Å². The normalized spacial score (nSPS) is 17.2. The average Bonchev–Trinajstić information content (AvgIpc) is 2.93. The molecule has 38 heavy (non-hydrogen) atoms. The zero-order valence-electron chi connectivity index (χ0n) is 21.1. The molecule has 1 saturated carbocycles. The first kappa shape index (κ1) is 25.8. The minimum absolute atomic E-state index is 0.00754. The quantitative estimate of drug-likeness (QED) is 0.200. The molecule has 2 amide bonds. The van der Waals surface area contributed by atoms with Gasteiger partial charge in [0.05, 0.1) is 12.1 Å². The van der Waals surface area contributed by atoms with Crippen molar-refractivity contribution in [2.24, 2.45) is 5.73 Å². The summed E-state index contributed by atoms with van der Waals surface area (Å²) in [5.41, 5.74) is 8.19. The largest absolute Gasteiger partial charge is 0.392 e. The Morgan fingerprint density at radius 3 is 2.24 bits per heavy atom. The van der Waals surface area contributed by atoms with Crippen molar-refractivity contribution < 1.29 is 9.90 Å². The topological polar surface area (TPSA) is 125 Å². The fraction of sp³-hybridized carbons (Fsp3) is 0.276. The molecule has 1 aliphatic rings. The molecule has 0 aliphatic heterocycles. The standard InChI is InChI=1S/C29H32N6O2S/c30-28(37)33-22-15-13-21(14-16-22)32-27-23-9-3-4-10-24(23)34-29(35-27)31-17-19-7-1-5-11-25(19)38-26-12-6-2-8-20(26)18-36/h1-12,21-22,36H,13-18H2,(H3,30,33,37)(H2,31,32,34,35). The average molecular weight is 529 g/mol. The van der Waals surface area contributed by atoms with E-state index in [4.69, 9.17) is 15.7 Å². The number of nitrogens with one attached hydrogen (secondary N) is 3. The van der Waals surface area contributed by atoms with Crippen LogP contribution in [0.2, 0.25) is 0 Å². The lowest BCUT2D eigenvalue weighted by atomic mass is 9.91. The van der Waals surface area contributed by atoms with Gasteiger partial charge in [-0.3, -0.25) is 0 Å². The lowest BCUT2D eigenvalue weighted by Crippen LogP contribution is -2.42. The van der Waals surface area contributed by atoms with Gasteiger partial charge in [0.15, 0.2) is 0 Å². The third kappa shape index (κ3) is 6.35.